The van der Waals surface area contributed by atoms with E-state index in [1.54, 1.807) is 6.07 Å². The summed E-state index contributed by atoms with van der Waals surface area (Å²) in [5, 5.41) is 1.30. The third kappa shape index (κ3) is 4.54. The highest BCUT2D eigenvalue weighted by atomic mass is 35.5. The van der Waals surface area contributed by atoms with Gasteiger partial charge in [-0.15, -0.1) is 0 Å². The maximum atomic E-state index is 12.6. The van der Waals surface area contributed by atoms with E-state index >= 15 is 0 Å². The molecule has 4 nitrogen and oxygen atoms in total. The van der Waals surface area contributed by atoms with Crippen molar-refractivity contribution in [2.75, 3.05) is 44.3 Å². The van der Waals surface area contributed by atoms with Gasteiger partial charge in [0.25, 0.3) is 5.91 Å². The quantitative estimate of drug-likeness (QED) is 0.814. The Balaban J connectivity index is 1.60. The third-order valence-electron chi connectivity index (χ3n) is 4.16. The lowest BCUT2D eigenvalue weighted by molar-refractivity contribution is -0.149. The Kier molecular flexibility index (Phi) is 6.10. The topological polar surface area (TPSA) is 32.8 Å². The van der Waals surface area contributed by atoms with Crippen LogP contribution >= 0.6 is 35.0 Å². The average molecular weight is 375 g/mol. The number of thioether (sulfide) groups is 1. The van der Waals surface area contributed by atoms with E-state index in [2.05, 4.69) is 4.90 Å². The molecule has 1 amide bonds. The number of ether oxygens (including phenoxy) is 1. The highest BCUT2D eigenvalue weighted by molar-refractivity contribution is 7.99. The summed E-state index contributed by atoms with van der Waals surface area (Å²) < 4.78 is 5.72. The molecule has 1 atom stereocenters. The van der Waals surface area contributed by atoms with Gasteiger partial charge in [0.1, 0.15) is 6.10 Å². The van der Waals surface area contributed by atoms with E-state index in [4.69, 9.17) is 27.9 Å². The van der Waals surface area contributed by atoms with Crippen LogP contribution in [0.1, 0.15) is 5.56 Å². The molecule has 1 unspecified atom stereocenters. The maximum Gasteiger partial charge on any atom is 0.253 e. The molecule has 0 bridgehead atoms. The van der Waals surface area contributed by atoms with E-state index in [0.29, 0.717) is 29.7 Å². The summed E-state index contributed by atoms with van der Waals surface area (Å²) in [5.74, 6) is 2.16. The van der Waals surface area contributed by atoms with Crippen LogP contribution < -0.4 is 0 Å². The molecule has 3 rings (SSSR count). The highest BCUT2D eigenvalue weighted by Gasteiger charge is 2.31. The number of carbonyl (C=O) groups excluding carboxylic acids is 1. The predicted octanol–water partition coefficient (Wildman–Crippen LogP) is 2.77. The minimum atomic E-state index is -0.363. The molecule has 1 aromatic carbocycles. The molecule has 0 aliphatic carbocycles. The molecule has 126 valence electrons. The lowest BCUT2D eigenvalue weighted by Crippen LogP contribution is -2.52. The van der Waals surface area contributed by atoms with Crippen LogP contribution in [0.15, 0.2) is 18.2 Å². The van der Waals surface area contributed by atoms with Crippen molar-refractivity contribution >= 4 is 40.9 Å². The van der Waals surface area contributed by atoms with E-state index in [1.807, 2.05) is 28.8 Å². The Hall–Kier alpha value is -0.460. The fraction of sp³-hybridized carbons (Fsp3) is 0.562. The molecule has 2 aliphatic rings. The second kappa shape index (κ2) is 8.08. The molecule has 2 heterocycles. The Morgan fingerprint density at radius 3 is 2.78 bits per heavy atom. The largest absolute Gasteiger partial charge is 0.366 e. The zero-order valence-electron chi connectivity index (χ0n) is 12.8. The van der Waals surface area contributed by atoms with E-state index in [9.17, 15) is 4.79 Å². The van der Waals surface area contributed by atoms with E-state index in [-0.39, 0.29) is 12.0 Å². The first kappa shape index (κ1) is 17.4. The monoisotopic (exact) mass is 374 g/mol. The molecule has 0 N–H and O–H groups in total. The number of nitrogens with zero attached hydrogens (tertiary/aromatic N) is 2. The van der Waals surface area contributed by atoms with Crippen molar-refractivity contribution in [1.29, 1.82) is 0 Å². The standard InChI is InChI=1S/C16H20Cl2N2O2S/c17-13-2-1-12(14(18)9-13)10-19-3-6-22-15(11-19)16(21)20-4-7-23-8-5-20/h1-2,9,15H,3-8,10-11H2. The van der Waals surface area contributed by atoms with Crippen LogP contribution in [0.3, 0.4) is 0 Å². The Labute approximate surface area is 151 Å². The number of morpholine rings is 1. The van der Waals surface area contributed by atoms with E-state index in [0.717, 1.165) is 36.7 Å². The SMILES string of the molecule is O=C(C1CN(Cc2ccc(Cl)cc2Cl)CCO1)N1CCSCC1. The van der Waals surface area contributed by atoms with Crippen LogP contribution in [0.2, 0.25) is 10.0 Å². The van der Waals surface area contributed by atoms with Crippen molar-refractivity contribution in [2.24, 2.45) is 0 Å². The molecule has 23 heavy (non-hydrogen) atoms. The molecule has 7 heteroatoms. The molecule has 0 radical (unpaired) electrons. The average Bonchev–Trinajstić information content (AvgIpc) is 2.58. The first-order chi connectivity index (χ1) is 11.1. The van der Waals surface area contributed by atoms with Gasteiger partial charge in [0, 0.05) is 54.3 Å². The van der Waals surface area contributed by atoms with Crippen molar-refractivity contribution in [3.05, 3.63) is 33.8 Å². The van der Waals surface area contributed by atoms with Crippen LogP contribution in [-0.4, -0.2) is 66.1 Å². The van der Waals surface area contributed by atoms with Gasteiger partial charge in [0.2, 0.25) is 0 Å². The molecular weight excluding hydrogens is 355 g/mol. The Bertz CT molecular complexity index is 567. The van der Waals surface area contributed by atoms with Gasteiger partial charge in [0.05, 0.1) is 6.61 Å². The zero-order valence-corrected chi connectivity index (χ0v) is 15.2. The van der Waals surface area contributed by atoms with Gasteiger partial charge in [-0.2, -0.15) is 11.8 Å². The van der Waals surface area contributed by atoms with Crippen molar-refractivity contribution in [1.82, 2.24) is 9.80 Å². The van der Waals surface area contributed by atoms with Gasteiger partial charge >= 0.3 is 0 Å². The molecule has 0 saturated carbocycles. The predicted molar refractivity (Wildman–Crippen MR) is 95.4 cm³/mol. The van der Waals surface area contributed by atoms with Gasteiger partial charge in [-0.25, -0.2) is 0 Å². The lowest BCUT2D eigenvalue weighted by atomic mass is 10.1. The first-order valence-corrected chi connectivity index (χ1v) is 9.69. The Morgan fingerprint density at radius 2 is 2.04 bits per heavy atom. The van der Waals surface area contributed by atoms with Crippen molar-refractivity contribution in [3.63, 3.8) is 0 Å². The van der Waals surface area contributed by atoms with Gasteiger partial charge < -0.3 is 9.64 Å². The van der Waals surface area contributed by atoms with Crippen LogP contribution in [-0.2, 0) is 16.1 Å². The number of amides is 1. The summed E-state index contributed by atoms with van der Waals surface area (Å²) in [7, 11) is 0. The van der Waals surface area contributed by atoms with Crippen molar-refractivity contribution in [3.8, 4) is 0 Å². The van der Waals surface area contributed by atoms with Crippen LogP contribution in [0.25, 0.3) is 0 Å². The van der Waals surface area contributed by atoms with Crippen LogP contribution in [0.5, 0.6) is 0 Å². The summed E-state index contributed by atoms with van der Waals surface area (Å²) in [6.45, 7) is 4.35. The van der Waals surface area contributed by atoms with E-state index < -0.39 is 0 Å². The van der Waals surface area contributed by atoms with Crippen molar-refractivity contribution in [2.45, 2.75) is 12.6 Å². The summed E-state index contributed by atoms with van der Waals surface area (Å²) in [6.07, 6.45) is -0.363. The number of hydrogen-bond donors (Lipinski definition) is 0. The molecular formula is C16H20Cl2N2O2S. The molecule has 0 spiro atoms. The van der Waals surface area contributed by atoms with Gasteiger partial charge in [-0.3, -0.25) is 9.69 Å². The number of carbonyl (C=O) groups is 1. The summed E-state index contributed by atoms with van der Waals surface area (Å²) in [5.41, 5.74) is 1.03. The molecule has 2 saturated heterocycles. The molecule has 0 aromatic heterocycles. The second-order valence-corrected chi connectivity index (χ2v) is 7.84. The van der Waals surface area contributed by atoms with Gasteiger partial charge in [0.15, 0.2) is 0 Å². The van der Waals surface area contributed by atoms with Gasteiger partial charge in [-0.1, -0.05) is 29.3 Å². The fourth-order valence-corrected chi connectivity index (χ4v) is 4.25. The van der Waals surface area contributed by atoms with Gasteiger partial charge in [-0.05, 0) is 17.7 Å². The van der Waals surface area contributed by atoms with Crippen LogP contribution in [0.4, 0.5) is 0 Å². The second-order valence-electron chi connectivity index (χ2n) is 5.77. The number of rotatable bonds is 3. The number of benzene rings is 1. The lowest BCUT2D eigenvalue weighted by Gasteiger charge is -2.36. The first-order valence-electron chi connectivity index (χ1n) is 7.78. The zero-order chi connectivity index (χ0) is 16.2. The molecule has 2 fully saturated rings. The fourth-order valence-electron chi connectivity index (χ4n) is 2.87. The van der Waals surface area contributed by atoms with Crippen LogP contribution in [0, 0.1) is 0 Å². The number of hydrogen-bond acceptors (Lipinski definition) is 4. The highest BCUT2D eigenvalue weighted by Crippen LogP contribution is 2.23. The Morgan fingerprint density at radius 1 is 1.26 bits per heavy atom. The maximum absolute atomic E-state index is 12.6. The smallest absolute Gasteiger partial charge is 0.253 e. The van der Waals surface area contributed by atoms with E-state index in [1.165, 1.54) is 0 Å². The minimum Gasteiger partial charge on any atom is -0.366 e. The summed E-state index contributed by atoms with van der Waals surface area (Å²) in [4.78, 5) is 16.7. The third-order valence-corrected chi connectivity index (χ3v) is 5.69. The normalized spacial score (nSPS) is 23.0. The summed E-state index contributed by atoms with van der Waals surface area (Å²) in [6, 6.07) is 5.54. The number of halogens is 2. The molecule has 2 aliphatic heterocycles. The van der Waals surface area contributed by atoms with Crippen molar-refractivity contribution < 1.29 is 9.53 Å². The summed E-state index contributed by atoms with van der Waals surface area (Å²) >= 11 is 14.1. The minimum absolute atomic E-state index is 0.122. The molecule has 1 aromatic rings.